The van der Waals surface area contributed by atoms with Gasteiger partial charge in [0.15, 0.2) is 15.4 Å². The van der Waals surface area contributed by atoms with Gasteiger partial charge in [-0.15, -0.1) is 0 Å². The largest absolute Gasteiger partial charge is 0.478 e. The molecule has 4 rings (SSSR count). The SMILES string of the molecule is Cc1cccc(C2=C(c3ccc(S(C)(=O)=O)cc3)OC3(CCCC3)C2=O)c1. The van der Waals surface area contributed by atoms with E-state index >= 15 is 0 Å². The zero-order valence-electron chi connectivity index (χ0n) is 15.5. The molecule has 1 aliphatic carbocycles. The second kappa shape index (κ2) is 6.34. The fourth-order valence-electron chi connectivity index (χ4n) is 4.02. The van der Waals surface area contributed by atoms with Crippen LogP contribution < -0.4 is 0 Å². The standard InChI is InChI=1S/C22H22O4S/c1-15-6-5-7-17(14-15)19-20(26-22(21(19)23)12-3-4-13-22)16-8-10-18(11-9-16)27(2,24)25/h5-11,14H,3-4,12-13H2,1-2H3. The summed E-state index contributed by atoms with van der Waals surface area (Å²) in [5.74, 6) is 0.611. The van der Waals surface area contributed by atoms with Gasteiger partial charge in [-0.2, -0.15) is 0 Å². The number of sulfone groups is 1. The zero-order chi connectivity index (χ0) is 19.2. The molecular formula is C22H22O4S. The Kier molecular flexibility index (Phi) is 4.22. The number of ether oxygens (including phenoxy) is 1. The van der Waals surface area contributed by atoms with Crippen molar-refractivity contribution < 1.29 is 17.9 Å². The predicted octanol–water partition coefficient (Wildman–Crippen LogP) is 4.18. The minimum Gasteiger partial charge on any atom is -0.478 e. The maximum absolute atomic E-state index is 13.4. The van der Waals surface area contributed by atoms with Crippen LogP contribution in [0.2, 0.25) is 0 Å². The van der Waals surface area contributed by atoms with Crippen molar-refractivity contribution in [2.45, 2.75) is 43.1 Å². The quantitative estimate of drug-likeness (QED) is 0.799. The molecule has 1 saturated carbocycles. The Morgan fingerprint density at radius 3 is 2.22 bits per heavy atom. The summed E-state index contributed by atoms with van der Waals surface area (Å²) in [5.41, 5.74) is 2.51. The lowest BCUT2D eigenvalue weighted by Gasteiger charge is -2.22. The van der Waals surface area contributed by atoms with Crippen molar-refractivity contribution in [3.8, 4) is 0 Å². The van der Waals surface area contributed by atoms with Crippen molar-refractivity contribution in [2.24, 2.45) is 0 Å². The first kappa shape index (κ1) is 18.0. The third kappa shape index (κ3) is 3.10. The van der Waals surface area contributed by atoms with Crippen molar-refractivity contribution in [3.63, 3.8) is 0 Å². The molecule has 2 aromatic carbocycles. The lowest BCUT2D eigenvalue weighted by Crippen LogP contribution is -2.33. The van der Waals surface area contributed by atoms with Gasteiger partial charge in [-0.1, -0.05) is 29.8 Å². The van der Waals surface area contributed by atoms with Crippen LogP contribution in [0.15, 0.2) is 53.4 Å². The Hall–Kier alpha value is -2.40. The summed E-state index contributed by atoms with van der Waals surface area (Å²) in [7, 11) is -3.27. The number of carbonyl (C=O) groups is 1. The number of carbonyl (C=O) groups excluding carboxylic acids is 1. The lowest BCUT2D eigenvalue weighted by molar-refractivity contribution is -0.127. The Labute approximate surface area is 159 Å². The molecule has 0 radical (unpaired) electrons. The van der Waals surface area contributed by atoms with E-state index in [2.05, 4.69) is 0 Å². The number of Topliss-reactive ketones (excluding diaryl/α,β-unsaturated/α-hetero) is 1. The summed E-state index contributed by atoms with van der Waals surface area (Å²) in [4.78, 5) is 13.6. The van der Waals surface area contributed by atoms with Gasteiger partial charge in [0, 0.05) is 11.8 Å². The van der Waals surface area contributed by atoms with Gasteiger partial charge >= 0.3 is 0 Å². The molecule has 2 aromatic rings. The first-order valence-electron chi connectivity index (χ1n) is 9.16. The van der Waals surface area contributed by atoms with Crippen LogP contribution in [0.5, 0.6) is 0 Å². The minimum absolute atomic E-state index is 0.0489. The van der Waals surface area contributed by atoms with Gasteiger partial charge in [0.1, 0.15) is 5.76 Å². The molecule has 4 nitrogen and oxygen atoms in total. The Balaban J connectivity index is 1.86. The van der Waals surface area contributed by atoms with E-state index in [-0.39, 0.29) is 10.7 Å². The lowest BCUT2D eigenvalue weighted by atomic mass is 9.89. The van der Waals surface area contributed by atoms with Gasteiger partial charge in [-0.05, 0) is 62.4 Å². The minimum atomic E-state index is -3.27. The molecule has 0 bridgehead atoms. The summed E-state index contributed by atoms with van der Waals surface area (Å²) in [6, 6.07) is 14.5. The summed E-state index contributed by atoms with van der Waals surface area (Å²) in [6.07, 6.45) is 4.60. The zero-order valence-corrected chi connectivity index (χ0v) is 16.3. The molecule has 0 N–H and O–H groups in total. The van der Waals surface area contributed by atoms with Crippen molar-refractivity contribution in [2.75, 3.05) is 6.26 Å². The molecule has 5 heteroatoms. The van der Waals surface area contributed by atoms with E-state index in [1.807, 2.05) is 31.2 Å². The molecule has 0 saturated heterocycles. The number of benzene rings is 2. The molecule has 2 aliphatic rings. The Bertz CT molecular complexity index is 1040. The molecule has 27 heavy (non-hydrogen) atoms. The maximum atomic E-state index is 13.4. The third-order valence-electron chi connectivity index (χ3n) is 5.43. The average Bonchev–Trinajstić information content (AvgIpc) is 3.21. The van der Waals surface area contributed by atoms with Gasteiger partial charge in [0.2, 0.25) is 5.78 Å². The summed E-state index contributed by atoms with van der Waals surface area (Å²) < 4.78 is 29.8. The molecule has 1 fully saturated rings. The number of rotatable bonds is 3. The van der Waals surface area contributed by atoms with E-state index < -0.39 is 15.4 Å². The monoisotopic (exact) mass is 382 g/mol. The highest BCUT2D eigenvalue weighted by atomic mass is 32.2. The maximum Gasteiger partial charge on any atom is 0.210 e. The van der Waals surface area contributed by atoms with Crippen LogP contribution in [0.25, 0.3) is 11.3 Å². The van der Waals surface area contributed by atoms with Crippen LogP contribution in [0.4, 0.5) is 0 Å². The van der Waals surface area contributed by atoms with Crippen LogP contribution >= 0.6 is 0 Å². The van der Waals surface area contributed by atoms with Crippen molar-refractivity contribution >= 4 is 27.0 Å². The van der Waals surface area contributed by atoms with Crippen LogP contribution in [0.3, 0.4) is 0 Å². The second-order valence-electron chi connectivity index (χ2n) is 7.50. The molecular weight excluding hydrogens is 360 g/mol. The third-order valence-corrected chi connectivity index (χ3v) is 6.56. The summed E-state index contributed by atoms with van der Waals surface area (Å²) in [6.45, 7) is 2.00. The fourth-order valence-corrected chi connectivity index (χ4v) is 4.65. The van der Waals surface area contributed by atoms with Crippen molar-refractivity contribution in [3.05, 3.63) is 65.2 Å². The fraction of sp³-hybridized carbons (Fsp3) is 0.318. The van der Waals surface area contributed by atoms with Gasteiger partial charge in [0.05, 0.1) is 10.5 Å². The first-order chi connectivity index (χ1) is 12.8. The van der Waals surface area contributed by atoms with E-state index in [0.717, 1.165) is 42.4 Å². The highest BCUT2D eigenvalue weighted by molar-refractivity contribution is 7.90. The molecule has 140 valence electrons. The highest BCUT2D eigenvalue weighted by Gasteiger charge is 2.51. The summed E-state index contributed by atoms with van der Waals surface area (Å²) >= 11 is 0. The number of hydrogen-bond donors (Lipinski definition) is 0. The molecule has 0 amide bonds. The number of hydrogen-bond acceptors (Lipinski definition) is 4. The van der Waals surface area contributed by atoms with Crippen molar-refractivity contribution in [1.29, 1.82) is 0 Å². The molecule has 1 heterocycles. The van der Waals surface area contributed by atoms with Gasteiger partial charge in [-0.3, -0.25) is 4.79 Å². The number of aryl methyl sites for hydroxylation is 1. The van der Waals surface area contributed by atoms with E-state index in [1.165, 1.54) is 6.26 Å². The summed E-state index contributed by atoms with van der Waals surface area (Å²) in [5, 5.41) is 0. The Morgan fingerprint density at radius 1 is 0.963 bits per heavy atom. The van der Waals surface area contributed by atoms with Crippen LogP contribution in [-0.2, 0) is 19.4 Å². The van der Waals surface area contributed by atoms with E-state index in [4.69, 9.17) is 4.74 Å². The smallest absolute Gasteiger partial charge is 0.210 e. The van der Waals surface area contributed by atoms with Gasteiger partial charge in [-0.25, -0.2) is 8.42 Å². The van der Waals surface area contributed by atoms with E-state index in [1.54, 1.807) is 24.3 Å². The normalized spacial score (nSPS) is 19.0. The average molecular weight is 382 g/mol. The van der Waals surface area contributed by atoms with Crippen LogP contribution in [0.1, 0.15) is 42.4 Å². The Morgan fingerprint density at radius 2 is 1.63 bits per heavy atom. The van der Waals surface area contributed by atoms with Crippen LogP contribution in [0, 0.1) is 6.92 Å². The molecule has 0 unspecified atom stereocenters. The van der Waals surface area contributed by atoms with Gasteiger partial charge in [0.25, 0.3) is 0 Å². The molecule has 0 atom stereocenters. The van der Waals surface area contributed by atoms with E-state index in [9.17, 15) is 13.2 Å². The van der Waals surface area contributed by atoms with Crippen LogP contribution in [-0.4, -0.2) is 26.1 Å². The van der Waals surface area contributed by atoms with Crippen molar-refractivity contribution in [1.82, 2.24) is 0 Å². The number of ketones is 1. The molecule has 1 aliphatic heterocycles. The van der Waals surface area contributed by atoms with E-state index in [0.29, 0.717) is 11.3 Å². The second-order valence-corrected chi connectivity index (χ2v) is 9.52. The topological polar surface area (TPSA) is 60.4 Å². The predicted molar refractivity (Wildman–Crippen MR) is 105 cm³/mol. The molecule has 1 spiro atoms. The van der Waals surface area contributed by atoms with Gasteiger partial charge < -0.3 is 4.74 Å². The molecule has 0 aromatic heterocycles. The highest BCUT2D eigenvalue weighted by Crippen LogP contribution is 2.48. The first-order valence-corrected chi connectivity index (χ1v) is 11.0.